The van der Waals surface area contributed by atoms with Crippen LogP contribution in [0.15, 0.2) is 35.9 Å². The molecular weight excluding hydrogens is 319 g/mol. The molecule has 1 aliphatic rings. The van der Waals surface area contributed by atoms with Gasteiger partial charge in [0.15, 0.2) is 0 Å². The molecule has 1 aliphatic carbocycles. The standard InChI is InChI=1S/C16H21FN2O3S/c1-23(21,22)19(15-9-5-8-14(17)10-15)12-16(20)18-11-13-6-3-2-4-7-13/h5-6,8-10H,2-4,7,11-12H2,1H3,(H,18,20). The van der Waals surface area contributed by atoms with E-state index >= 15 is 0 Å². The van der Waals surface area contributed by atoms with Gasteiger partial charge in [-0.25, -0.2) is 12.8 Å². The summed E-state index contributed by atoms with van der Waals surface area (Å²) < 4.78 is 38.0. The average Bonchev–Trinajstić information content (AvgIpc) is 2.50. The van der Waals surface area contributed by atoms with Gasteiger partial charge in [0.25, 0.3) is 0 Å². The van der Waals surface area contributed by atoms with Crippen molar-refractivity contribution in [3.63, 3.8) is 0 Å². The van der Waals surface area contributed by atoms with Crippen molar-refractivity contribution >= 4 is 21.6 Å². The molecule has 0 radical (unpaired) electrons. The minimum atomic E-state index is -3.68. The van der Waals surface area contributed by atoms with E-state index in [1.165, 1.54) is 30.2 Å². The second-order valence-corrected chi connectivity index (χ2v) is 7.54. The van der Waals surface area contributed by atoms with E-state index in [-0.39, 0.29) is 12.2 Å². The third-order valence-electron chi connectivity index (χ3n) is 3.68. The Morgan fingerprint density at radius 1 is 1.35 bits per heavy atom. The molecule has 0 atom stereocenters. The number of hydrogen-bond donors (Lipinski definition) is 1. The Morgan fingerprint density at radius 3 is 2.74 bits per heavy atom. The molecule has 1 N–H and O–H groups in total. The molecule has 0 spiro atoms. The van der Waals surface area contributed by atoms with Crippen molar-refractivity contribution in [3.05, 3.63) is 41.7 Å². The van der Waals surface area contributed by atoms with E-state index in [0.717, 1.165) is 35.9 Å². The number of allylic oxidation sites excluding steroid dienone is 1. The van der Waals surface area contributed by atoms with E-state index in [4.69, 9.17) is 0 Å². The highest BCUT2D eigenvalue weighted by Crippen LogP contribution is 2.19. The maximum Gasteiger partial charge on any atom is 0.241 e. The smallest absolute Gasteiger partial charge is 0.241 e. The first-order valence-corrected chi connectivity index (χ1v) is 9.39. The van der Waals surface area contributed by atoms with Crippen LogP contribution >= 0.6 is 0 Å². The summed E-state index contributed by atoms with van der Waals surface area (Å²) in [6.45, 7) is 0.0646. The van der Waals surface area contributed by atoms with E-state index in [2.05, 4.69) is 11.4 Å². The second kappa shape index (κ2) is 7.59. The largest absolute Gasteiger partial charge is 0.351 e. The van der Waals surface area contributed by atoms with Crippen molar-refractivity contribution in [3.8, 4) is 0 Å². The van der Waals surface area contributed by atoms with Crippen molar-refractivity contribution in [2.45, 2.75) is 25.7 Å². The SMILES string of the molecule is CS(=O)(=O)N(CC(=O)NCC1=CCCCC1)c1cccc(F)c1. The molecule has 0 aliphatic heterocycles. The van der Waals surface area contributed by atoms with Gasteiger partial charge in [0, 0.05) is 6.54 Å². The van der Waals surface area contributed by atoms with Gasteiger partial charge < -0.3 is 5.32 Å². The lowest BCUT2D eigenvalue weighted by atomic mass is 10.00. The Hall–Kier alpha value is -1.89. The number of halogens is 1. The number of carbonyl (C=O) groups excluding carboxylic acids is 1. The van der Waals surface area contributed by atoms with Crippen LogP contribution in [0.25, 0.3) is 0 Å². The molecule has 7 heteroatoms. The lowest BCUT2D eigenvalue weighted by Crippen LogP contribution is -2.41. The summed E-state index contributed by atoms with van der Waals surface area (Å²) in [6.07, 6.45) is 7.36. The van der Waals surface area contributed by atoms with E-state index in [9.17, 15) is 17.6 Å². The predicted molar refractivity (Wildman–Crippen MR) is 88.2 cm³/mol. The van der Waals surface area contributed by atoms with Crippen LogP contribution in [0.1, 0.15) is 25.7 Å². The number of nitrogens with one attached hydrogen (secondary N) is 1. The van der Waals surface area contributed by atoms with Crippen LogP contribution in [0.2, 0.25) is 0 Å². The molecule has 1 amide bonds. The molecule has 0 fully saturated rings. The van der Waals surface area contributed by atoms with Crippen LogP contribution in [0.3, 0.4) is 0 Å². The molecular formula is C16H21FN2O3S. The van der Waals surface area contributed by atoms with Gasteiger partial charge >= 0.3 is 0 Å². The van der Waals surface area contributed by atoms with Crippen molar-refractivity contribution in [2.75, 3.05) is 23.7 Å². The van der Waals surface area contributed by atoms with E-state index in [0.29, 0.717) is 6.54 Å². The average molecular weight is 340 g/mol. The van der Waals surface area contributed by atoms with Gasteiger partial charge in [0.1, 0.15) is 12.4 Å². The third kappa shape index (κ3) is 5.35. The number of sulfonamides is 1. The summed E-state index contributed by atoms with van der Waals surface area (Å²) in [7, 11) is -3.68. The van der Waals surface area contributed by atoms with Crippen molar-refractivity contribution < 1.29 is 17.6 Å². The predicted octanol–water partition coefficient (Wildman–Crippen LogP) is 2.21. The first kappa shape index (κ1) is 17.5. The fourth-order valence-corrected chi connectivity index (χ4v) is 3.34. The number of nitrogens with zero attached hydrogens (tertiary/aromatic N) is 1. The van der Waals surface area contributed by atoms with Gasteiger partial charge in [-0.3, -0.25) is 9.10 Å². The summed E-state index contributed by atoms with van der Waals surface area (Å²) in [5, 5.41) is 2.73. The fraction of sp³-hybridized carbons (Fsp3) is 0.438. The minimum absolute atomic E-state index is 0.138. The lowest BCUT2D eigenvalue weighted by molar-refractivity contribution is -0.119. The van der Waals surface area contributed by atoms with Crippen LogP contribution in [0.4, 0.5) is 10.1 Å². The van der Waals surface area contributed by atoms with E-state index in [1.807, 2.05) is 0 Å². The number of amides is 1. The Morgan fingerprint density at radius 2 is 2.13 bits per heavy atom. The molecule has 1 aromatic carbocycles. The monoisotopic (exact) mass is 340 g/mol. The maximum atomic E-state index is 13.3. The zero-order chi connectivity index (χ0) is 16.9. The number of benzene rings is 1. The van der Waals surface area contributed by atoms with Crippen molar-refractivity contribution in [2.24, 2.45) is 0 Å². The highest BCUT2D eigenvalue weighted by atomic mass is 32.2. The topological polar surface area (TPSA) is 66.5 Å². The fourth-order valence-electron chi connectivity index (χ4n) is 2.49. The molecule has 0 heterocycles. The molecule has 0 bridgehead atoms. The summed E-state index contributed by atoms with van der Waals surface area (Å²) in [6, 6.07) is 5.19. The molecule has 5 nitrogen and oxygen atoms in total. The second-order valence-electron chi connectivity index (χ2n) is 5.63. The molecule has 0 aromatic heterocycles. The first-order valence-electron chi connectivity index (χ1n) is 7.54. The number of anilines is 1. The molecule has 0 saturated carbocycles. The highest BCUT2D eigenvalue weighted by Gasteiger charge is 2.21. The first-order chi connectivity index (χ1) is 10.9. The molecule has 2 rings (SSSR count). The lowest BCUT2D eigenvalue weighted by Gasteiger charge is -2.22. The van der Waals surface area contributed by atoms with Crippen LogP contribution < -0.4 is 9.62 Å². The van der Waals surface area contributed by atoms with E-state index < -0.39 is 21.7 Å². The van der Waals surface area contributed by atoms with Gasteiger partial charge in [-0.1, -0.05) is 17.7 Å². The minimum Gasteiger partial charge on any atom is -0.351 e. The zero-order valence-corrected chi connectivity index (χ0v) is 13.9. The van der Waals surface area contributed by atoms with Crippen LogP contribution in [0, 0.1) is 5.82 Å². The Bertz CT molecular complexity index is 701. The molecule has 23 heavy (non-hydrogen) atoms. The van der Waals surface area contributed by atoms with Crippen LogP contribution in [-0.2, 0) is 14.8 Å². The van der Waals surface area contributed by atoms with Gasteiger partial charge in [-0.2, -0.15) is 0 Å². The molecule has 0 unspecified atom stereocenters. The third-order valence-corrected chi connectivity index (χ3v) is 4.82. The highest BCUT2D eigenvalue weighted by molar-refractivity contribution is 7.92. The zero-order valence-electron chi connectivity index (χ0n) is 13.1. The van der Waals surface area contributed by atoms with Crippen LogP contribution in [-0.4, -0.2) is 33.7 Å². The Kier molecular flexibility index (Phi) is 5.76. The molecule has 126 valence electrons. The molecule has 0 saturated heterocycles. The van der Waals surface area contributed by atoms with Gasteiger partial charge in [0.05, 0.1) is 11.9 Å². The van der Waals surface area contributed by atoms with Gasteiger partial charge in [0.2, 0.25) is 15.9 Å². The summed E-state index contributed by atoms with van der Waals surface area (Å²) in [5.41, 5.74) is 1.31. The maximum absolute atomic E-state index is 13.3. The summed E-state index contributed by atoms with van der Waals surface area (Å²) >= 11 is 0. The summed E-state index contributed by atoms with van der Waals surface area (Å²) in [4.78, 5) is 12.1. The summed E-state index contributed by atoms with van der Waals surface area (Å²) in [5.74, 6) is -0.963. The van der Waals surface area contributed by atoms with Crippen LogP contribution in [0.5, 0.6) is 0 Å². The number of hydrogen-bond acceptors (Lipinski definition) is 3. The normalized spacial score (nSPS) is 15.0. The Labute approximate surface area is 136 Å². The van der Waals surface area contributed by atoms with Crippen molar-refractivity contribution in [1.29, 1.82) is 0 Å². The molecule has 1 aromatic rings. The van der Waals surface area contributed by atoms with Crippen molar-refractivity contribution in [1.82, 2.24) is 5.32 Å². The number of rotatable bonds is 6. The van der Waals surface area contributed by atoms with Gasteiger partial charge in [-0.15, -0.1) is 0 Å². The quantitative estimate of drug-likeness (QED) is 0.808. The number of carbonyl (C=O) groups is 1. The van der Waals surface area contributed by atoms with E-state index in [1.54, 1.807) is 0 Å². The van der Waals surface area contributed by atoms with Gasteiger partial charge in [-0.05, 0) is 43.9 Å². The Balaban J connectivity index is 2.03.